The molecule has 0 aliphatic rings. The number of hydrogen-bond acceptors (Lipinski definition) is 1. The molecule has 1 aromatic carbocycles. The van der Waals surface area contributed by atoms with Crippen molar-refractivity contribution in [3.63, 3.8) is 0 Å². The first kappa shape index (κ1) is 13.9. The lowest BCUT2D eigenvalue weighted by Gasteiger charge is -2.26. The van der Waals surface area contributed by atoms with E-state index in [1.807, 2.05) is 0 Å². The third kappa shape index (κ3) is 4.30. The lowest BCUT2D eigenvalue weighted by atomic mass is 9.94. The van der Waals surface area contributed by atoms with Gasteiger partial charge in [0.25, 0.3) is 0 Å². The minimum absolute atomic E-state index is 0.144. The van der Waals surface area contributed by atoms with Crippen molar-refractivity contribution < 1.29 is 13.6 Å². The van der Waals surface area contributed by atoms with Gasteiger partial charge in [0.2, 0.25) is 5.91 Å². The number of benzene rings is 1. The third-order valence-corrected chi connectivity index (χ3v) is 2.49. The van der Waals surface area contributed by atoms with E-state index >= 15 is 0 Å². The molecular weight excluding hydrogens is 248 g/mol. The molecule has 1 amide bonds. The summed E-state index contributed by atoms with van der Waals surface area (Å²) in [4.78, 5) is 11.2. The molecule has 0 unspecified atom stereocenters. The second kappa shape index (κ2) is 5.45. The lowest BCUT2D eigenvalue weighted by molar-refractivity contribution is -0.120. The summed E-state index contributed by atoms with van der Waals surface area (Å²) in [5.41, 5.74) is -0.281. The molecule has 0 heterocycles. The maximum Gasteiger partial charge on any atom is 0.235 e. The van der Waals surface area contributed by atoms with Crippen LogP contribution in [0.3, 0.4) is 0 Å². The zero-order chi connectivity index (χ0) is 13.1. The van der Waals surface area contributed by atoms with Gasteiger partial charge in [-0.2, -0.15) is 0 Å². The average molecular weight is 262 g/mol. The van der Waals surface area contributed by atoms with Crippen molar-refractivity contribution in [2.75, 3.05) is 5.88 Å². The predicted octanol–water partition coefficient (Wildman–Crippen LogP) is 2.64. The van der Waals surface area contributed by atoms with Crippen LogP contribution in [0.4, 0.5) is 8.78 Å². The molecule has 1 rings (SSSR count). The van der Waals surface area contributed by atoms with Crippen molar-refractivity contribution in [3.05, 3.63) is 35.4 Å². The Balaban J connectivity index is 2.79. The van der Waals surface area contributed by atoms with Gasteiger partial charge in [-0.15, -0.1) is 11.6 Å². The molecule has 0 spiro atoms. The molecule has 0 aromatic heterocycles. The average Bonchev–Trinajstić information content (AvgIpc) is 2.21. The van der Waals surface area contributed by atoms with Crippen molar-refractivity contribution in [3.8, 4) is 0 Å². The van der Waals surface area contributed by atoms with Crippen LogP contribution >= 0.6 is 11.6 Å². The van der Waals surface area contributed by atoms with Crippen molar-refractivity contribution in [2.45, 2.75) is 25.8 Å². The topological polar surface area (TPSA) is 29.1 Å². The van der Waals surface area contributed by atoms with Gasteiger partial charge in [-0.25, -0.2) is 8.78 Å². The summed E-state index contributed by atoms with van der Waals surface area (Å²) in [6.07, 6.45) is 0.266. The summed E-state index contributed by atoms with van der Waals surface area (Å²) >= 11 is 5.38. The zero-order valence-electron chi connectivity index (χ0n) is 9.69. The van der Waals surface area contributed by atoms with Gasteiger partial charge >= 0.3 is 0 Å². The van der Waals surface area contributed by atoms with Crippen LogP contribution in [0, 0.1) is 11.6 Å². The fourth-order valence-corrected chi connectivity index (χ4v) is 1.66. The molecule has 0 aliphatic carbocycles. The number of carbonyl (C=O) groups excluding carboxylic acids is 1. The summed E-state index contributed by atoms with van der Waals surface area (Å²) < 4.78 is 26.1. The van der Waals surface area contributed by atoms with Crippen molar-refractivity contribution in [1.82, 2.24) is 5.32 Å². The summed E-state index contributed by atoms with van der Waals surface area (Å²) in [6.45, 7) is 3.50. The van der Waals surface area contributed by atoms with Gasteiger partial charge in [0.05, 0.1) is 0 Å². The van der Waals surface area contributed by atoms with E-state index in [0.717, 1.165) is 6.07 Å². The van der Waals surface area contributed by atoms with Crippen LogP contribution in [0.2, 0.25) is 0 Å². The first-order chi connectivity index (χ1) is 7.84. The molecule has 2 nitrogen and oxygen atoms in total. The number of halogens is 3. The molecule has 0 radical (unpaired) electrons. The minimum Gasteiger partial charge on any atom is -0.350 e. The number of nitrogens with one attached hydrogen (secondary N) is 1. The highest BCUT2D eigenvalue weighted by atomic mass is 35.5. The predicted molar refractivity (Wildman–Crippen MR) is 63.0 cm³/mol. The maximum absolute atomic E-state index is 13.4. The van der Waals surface area contributed by atoms with Crippen LogP contribution in [0.5, 0.6) is 0 Å². The van der Waals surface area contributed by atoms with Crippen LogP contribution in [-0.4, -0.2) is 17.3 Å². The maximum atomic E-state index is 13.4. The second-order valence-electron chi connectivity index (χ2n) is 4.48. The second-order valence-corrected chi connectivity index (χ2v) is 4.75. The monoisotopic (exact) mass is 261 g/mol. The van der Waals surface area contributed by atoms with Crippen LogP contribution in [0.25, 0.3) is 0 Å². The summed E-state index contributed by atoms with van der Waals surface area (Å²) in [7, 11) is 0. The first-order valence-corrected chi connectivity index (χ1v) is 5.68. The first-order valence-electron chi connectivity index (χ1n) is 5.15. The van der Waals surface area contributed by atoms with Crippen molar-refractivity contribution in [1.29, 1.82) is 0 Å². The minimum atomic E-state index is -0.634. The van der Waals surface area contributed by atoms with E-state index in [2.05, 4.69) is 5.32 Å². The Bertz CT molecular complexity index is 421. The zero-order valence-corrected chi connectivity index (χ0v) is 10.4. The Kier molecular flexibility index (Phi) is 4.46. The van der Waals surface area contributed by atoms with E-state index in [-0.39, 0.29) is 18.2 Å². The van der Waals surface area contributed by atoms with E-state index in [1.54, 1.807) is 13.8 Å². The number of rotatable bonds is 4. The van der Waals surface area contributed by atoms with Gasteiger partial charge in [-0.1, -0.05) is 6.07 Å². The van der Waals surface area contributed by atoms with E-state index in [4.69, 9.17) is 11.6 Å². The number of amides is 1. The molecule has 5 heteroatoms. The largest absolute Gasteiger partial charge is 0.350 e. The number of carbonyl (C=O) groups is 1. The van der Waals surface area contributed by atoms with E-state index < -0.39 is 17.2 Å². The quantitative estimate of drug-likeness (QED) is 0.830. The molecule has 0 fully saturated rings. The highest BCUT2D eigenvalue weighted by Gasteiger charge is 2.22. The standard InChI is InChI=1S/C12H14ClF2NO/c1-12(2,16-11(17)7-13)6-8-3-4-9(14)5-10(8)15/h3-5H,6-7H2,1-2H3,(H,16,17). The highest BCUT2D eigenvalue weighted by Crippen LogP contribution is 2.17. The fourth-order valence-electron chi connectivity index (χ4n) is 1.60. The Morgan fingerprint density at radius 3 is 2.59 bits per heavy atom. The molecule has 17 heavy (non-hydrogen) atoms. The summed E-state index contributed by atoms with van der Waals surface area (Å²) in [5, 5.41) is 2.66. The van der Waals surface area contributed by atoms with E-state index in [9.17, 15) is 13.6 Å². The van der Waals surface area contributed by atoms with Crippen LogP contribution in [0.15, 0.2) is 18.2 Å². The van der Waals surface area contributed by atoms with Gasteiger partial charge in [-0.05, 0) is 31.9 Å². The Hall–Kier alpha value is -1.16. The van der Waals surface area contributed by atoms with Gasteiger partial charge < -0.3 is 5.32 Å². The van der Waals surface area contributed by atoms with E-state index in [1.165, 1.54) is 12.1 Å². The van der Waals surface area contributed by atoms with Crippen LogP contribution < -0.4 is 5.32 Å². The normalized spacial score (nSPS) is 11.4. The molecule has 0 bridgehead atoms. The highest BCUT2D eigenvalue weighted by molar-refractivity contribution is 6.27. The molecule has 0 saturated heterocycles. The third-order valence-electron chi connectivity index (χ3n) is 2.25. The SMILES string of the molecule is CC(C)(Cc1ccc(F)cc1F)NC(=O)CCl. The smallest absolute Gasteiger partial charge is 0.235 e. The van der Waals surface area contributed by atoms with Gasteiger partial charge in [0.1, 0.15) is 17.5 Å². The molecule has 0 saturated carbocycles. The summed E-state index contributed by atoms with van der Waals surface area (Å²) in [5.74, 6) is -1.69. The number of hydrogen-bond donors (Lipinski definition) is 1. The lowest BCUT2D eigenvalue weighted by Crippen LogP contribution is -2.45. The van der Waals surface area contributed by atoms with Crippen molar-refractivity contribution >= 4 is 17.5 Å². The molecule has 94 valence electrons. The Labute approximate surface area is 104 Å². The summed E-state index contributed by atoms with van der Waals surface area (Å²) in [6, 6.07) is 3.39. The van der Waals surface area contributed by atoms with Gasteiger partial charge in [0, 0.05) is 11.6 Å². The molecule has 0 atom stereocenters. The molecule has 1 aromatic rings. The Morgan fingerprint density at radius 2 is 2.06 bits per heavy atom. The fraction of sp³-hybridized carbons (Fsp3) is 0.417. The molecular formula is C12H14ClF2NO. The van der Waals surface area contributed by atoms with Crippen molar-refractivity contribution in [2.24, 2.45) is 0 Å². The molecule has 1 N–H and O–H groups in total. The molecule has 0 aliphatic heterocycles. The van der Waals surface area contributed by atoms with Crippen LogP contribution in [0.1, 0.15) is 19.4 Å². The van der Waals surface area contributed by atoms with Gasteiger partial charge in [-0.3, -0.25) is 4.79 Å². The van der Waals surface area contributed by atoms with Crippen LogP contribution in [-0.2, 0) is 11.2 Å². The van der Waals surface area contributed by atoms with E-state index in [0.29, 0.717) is 5.56 Å². The number of alkyl halides is 1. The van der Waals surface area contributed by atoms with Gasteiger partial charge in [0.15, 0.2) is 0 Å². The Morgan fingerprint density at radius 1 is 1.41 bits per heavy atom.